The van der Waals surface area contributed by atoms with E-state index >= 15 is 0 Å². The summed E-state index contributed by atoms with van der Waals surface area (Å²) in [6.45, 7) is 85.6. The summed E-state index contributed by atoms with van der Waals surface area (Å²) in [7, 11) is -1.01. The van der Waals surface area contributed by atoms with Crippen LogP contribution in [0.5, 0.6) is 0 Å². The molecule has 6 aromatic rings. The van der Waals surface area contributed by atoms with Crippen LogP contribution in [0.3, 0.4) is 0 Å². The monoisotopic (exact) mass is 1360 g/mol. The van der Waals surface area contributed by atoms with Crippen molar-refractivity contribution in [2.45, 2.75) is 356 Å². The van der Waals surface area contributed by atoms with Gasteiger partial charge in [-0.1, -0.05) is 322 Å². The molecule has 0 aromatic heterocycles. The zero-order chi connectivity index (χ0) is 71.6. The normalized spacial score (nSPS) is 14.8. The van der Waals surface area contributed by atoms with Crippen LogP contribution < -0.4 is 31.1 Å². The molecule has 520 valence electrons. The lowest BCUT2D eigenvalue weighted by atomic mass is 9.89. The highest BCUT2D eigenvalue weighted by Gasteiger charge is 2.67. The Morgan fingerprint density at radius 3 is 0.400 bits per heavy atom. The summed E-state index contributed by atoms with van der Waals surface area (Å²) >= 11 is 0. The maximum absolute atomic E-state index is 3.57. The fourth-order valence-corrected chi connectivity index (χ4v) is 121. The molecule has 0 spiro atoms. The van der Waals surface area contributed by atoms with Gasteiger partial charge in [-0.15, -0.1) is 0 Å². The second kappa shape index (κ2) is 30.8. The predicted molar refractivity (Wildman–Crippen MR) is 441 cm³/mol. The lowest BCUT2D eigenvalue weighted by Crippen LogP contribution is -2.71. The van der Waals surface area contributed by atoms with Gasteiger partial charge < -0.3 is 0 Å². The Hall–Kier alpha value is -3.46. The molecular formula is C90H138SSi4. The molecule has 1 heterocycles. The van der Waals surface area contributed by atoms with Crippen LogP contribution in [-0.2, 0) is 0 Å². The molecule has 0 N–H and O–H groups in total. The van der Waals surface area contributed by atoms with E-state index in [2.05, 4.69) is 333 Å². The van der Waals surface area contributed by atoms with Gasteiger partial charge in [-0.25, -0.2) is 0 Å². The van der Waals surface area contributed by atoms with Gasteiger partial charge in [0.05, 0.1) is 0 Å². The molecule has 95 heavy (non-hydrogen) atoms. The van der Waals surface area contributed by atoms with Crippen molar-refractivity contribution < 1.29 is 0 Å². The van der Waals surface area contributed by atoms with Gasteiger partial charge >= 0.3 is 0 Å². The SMILES string of the molecule is CC(C)c1cc(C(C)C)c([Si]2=[Si](c3c(C(C)C)cc(C(C)C)cc3C(C)C)[Si](c3c(C(C)C)cc(C(C)C)cc3C(C)C)(c3c(C(C)C)cc(C(C)C)cc3C(C)C)S[Si]2(c2c(C(C)C)cc(C(C)C)cc2C(C)C)c2c(C(C)C)cc(C(C)C)cc2C(C)C)c(C(C)C)c1. The van der Waals surface area contributed by atoms with Gasteiger partial charge in [-0.3, -0.25) is 0 Å². The zero-order valence-electron chi connectivity index (χ0n) is 67.7. The first-order valence-corrected chi connectivity index (χ1v) is 50.8. The van der Waals surface area contributed by atoms with Crippen molar-refractivity contribution in [3.63, 3.8) is 0 Å². The number of rotatable bonds is 24. The molecule has 7 rings (SSSR count). The third-order valence-electron chi connectivity index (χ3n) is 22.0. The molecule has 5 heteroatoms. The standard InChI is InChI=1S/C90H138SSi4/c1-49(2)67-37-73(55(13)14)85(74(38-67)56(15)16)92-93(86-75(57(17)18)39-68(50(3)4)40-76(86)58(19)20)95(89-81(63(29)30)45-71(53(9)10)46-82(89)64(31)32,90-83(65(33)34)47-72(54(11)12)48-84(90)66(35)36)91-94(92,87-77(59(21)22)41-69(51(5)6)42-78(87)60(23)24)88-79(61(25)26)43-70(52(7)8)44-80(88)62(27)28/h37-66H,1-36H3. The second-order valence-electron chi connectivity index (χ2n) is 35.4. The second-order valence-corrected chi connectivity index (χ2v) is 64.7. The number of benzene rings is 6. The van der Waals surface area contributed by atoms with Crippen molar-refractivity contribution in [1.29, 1.82) is 0 Å². The van der Waals surface area contributed by atoms with Crippen LogP contribution in [-0.4, -0.2) is 28.3 Å². The van der Waals surface area contributed by atoms with E-state index in [1.807, 2.05) is 31.1 Å². The molecule has 0 unspecified atom stereocenters. The minimum absolute atomic E-state index is 0.299. The molecule has 0 bridgehead atoms. The van der Waals surface area contributed by atoms with E-state index in [4.69, 9.17) is 0 Å². The average Bonchev–Trinajstić information content (AvgIpc) is 1.50. The maximum Gasteiger partial charge on any atom is 0.181 e. The summed E-state index contributed by atoms with van der Waals surface area (Å²) in [5.74, 6) is 6.00. The highest BCUT2D eigenvalue weighted by molar-refractivity contribution is 8.64. The minimum atomic E-state index is -3.57. The van der Waals surface area contributed by atoms with Crippen LogP contribution in [0.1, 0.15) is 456 Å². The van der Waals surface area contributed by atoms with E-state index in [9.17, 15) is 0 Å². The summed E-state index contributed by atoms with van der Waals surface area (Å²) in [6.07, 6.45) is 0. The van der Waals surface area contributed by atoms with Crippen LogP contribution in [0, 0.1) is 0 Å². The quantitative estimate of drug-likeness (QED) is 0.0544. The molecule has 6 aromatic carbocycles. The fraction of sp³-hybridized carbons (Fsp3) is 0.600. The van der Waals surface area contributed by atoms with Gasteiger partial charge in [-0.2, -0.15) is 10.7 Å². The highest BCUT2D eigenvalue weighted by Crippen LogP contribution is 2.50. The van der Waals surface area contributed by atoms with Crippen LogP contribution in [0.15, 0.2) is 72.8 Å². The van der Waals surface area contributed by atoms with Crippen LogP contribution in [0.2, 0.25) is 0 Å². The molecule has 0 aliphatic carbocycles. The van der Waals surface area contributed by atoms with E-state index in [0.29, 0.717) is 107 Å². The Bertz CT molecular complexity index is 3180. The van der Waals surface area contributed by atoms with Crippen molar-refractivity contribution in [2.24, 2.45) is 0 Å². The van der Waals surface area contributed by atoms with Gasteiger partial charge in [0.1, 0.15) is 0 Å². The first-order chi connectivity index (χ1) is 44.0. The maximum atomic E-state index is 2.90. The fourth-order valence-electron chi connectivity index (χ4n) is 16.2. The summed E-state index contributed by atoms with van der Waals surface area (Å²) in [5, 5.41) is 11.1. The van der Waals surface area contributed by atoms with Gasteiger partial charge in [0, 0.05) is 14.8 Å². The molecule has 1 aliphatic rings. The molecular weight excluding hydrogens is 1230 g/mol. The largest absolute Gasteiger partial charge is 0.185 e. The van der Waals surface area contributed by atoms with Gasteiger partial charge in [0.25, 0.3) is 0 Å². The minimum Gasteiger partial charge on any atom is -0.185 e. The van der Waals surface area contributed by atoms with Crippen molar-refractivity contribution in [1.82, 2.24) is 0 Å². The third-order valence-corrected chi connectivity index (χ3v) is 79.2. The van der Waals surface area contributed by atoms with Gasteiger partial charge in [0.15, 0.2) is 13.5 Å². The molecule has 0 radical (unpaired) electrons. The first-order valence-electron chi connectivity index (χ1n) is 38.6. The summed E-state index contributed by atoms with van der Waals surface area (Å²) in [4.78, 5) is 0. The summed E-state index contributed by atoms with van der Waals surface area (Å²) in [6, 6.07) is 34.2. The Balaban J connectivity index is 2.34. The van der Waals surface area contributed by atoms with E-state index in [1.165, 1.54) is 33.4 Å². The van der Waals surface area contributed by atoms with Gasteiger partial charge in [0.2, 0.25) is 0 Å². The van der Waals surface area contributed by atoms with Crippen LogP contribution >= 0.6 is 10.7 Å². The highest BCUT2D eigenvalue weighted by atomic mass is 32.6. The topological polar surface area (TPSA) is 0 Å². The molecule has 0 atom stereocenters. The lowest BCUT2D eigenvalue weighted by molar-refractivity contribution is 0.809. The summed E-state index contributed by atoms with van der Waals surface area (Å²) < 4.78 is 0. The Kier molecular flexibility index (Phi) is 25.6. The molecule has 0 saturated heterocycles. The van der Waals surface area contributed by atoms with E-state index in [-0.39, 0.29) is 0 Å². The lowest BCUT2D eigenvalue weighted by Gasteiger charge is -2.46. The van der Waals surface area contributed by atoms with E-state index in [1.54, 1.807) is 66.8 Å². The molecule has 0 fully saturated rings. The van der Waals surface area contributed by atoms with Crippen LogP contribution in [0.25, 0.3) is 0 Å². The molecule has 0 saturated carbocycles. The molecule has 1 aliphatic heterocycles. The van der Waals surface area contributed by atoms with Crippen molar-refractivity contribution >= 4 is 70.1 Å². The van der Waals surface area contributed by atoms with Gasteiger partial charge in [-0.05, 0) is 238 Å². The molecule has 0 amide bonds. The third kappa shape index (κ3) is 14.9. The Morgan fingerprint density at radius 2 is 0.295 bits per heavy atom. The molecule has 0 nitrogen and oxygen atoms in total. The smallest absolute Gasteiger partial charge is 0.181 e. The first kappa shape index (κ1) is 78.9. The predicted octanol–water partition coefficient (Wildman–Crippen LogP) is 24.5. The Morgan fingerprint density at radius 1 is 0.179 bits per heavy atom. The van der Waals surface area contributed by atoms with Crippen molar-refractivity contribution in [2.75, 3.05) is 0 Å². The van der Waals surface area contributed by atoms with Crippen molar-refractivity contribution in [3.05, 3.63) is 173 Å². The van der Waals surface area contributed by atoms with Crippen LogP contribution in [0.4, 0.5) is 0 Å². The van der Waals surface area contributed by atoms with E-state index < -0.39 is 28.3 Å². The summed E-state index contributed by atoms with van der Waals surface area (Å²) in [5.41, 5.74) is 29.1. The average molecular weight is 1360 g/mol. The zero-order valence-corrected chi connectivity index (χ0v) is 72.5. The number of hydrogen-bond donors (Lipinski definition) is 0. The Labute approximate surface area is 594 Å². The van der Waals surface area contributed by atoms with Crippen molar-refractivity contribution in [3.8, 4) is 0 Å². The van der Waals surface area contributed by atoms with E-state index in [0.717, 1.165) is 0 Å². The number of hydrogen-bond acceptors (Lipinski definition) is 1.